The van der Waals surface area contributed by atoms with E-state index in [0.29, 0.717) is 0 Å². The van der Waals surface area contributed by atoms with Gasteiger partial charge in [-0.25, -0.2) is 9.97 Å². The van der Waals surface area contributed by atoms with E-state index in [1.165, 1.54) is 22.3 Å². The van der Waals surface area contributed by atoms with Gasteiger partial charge < -0.3 is 14.2 Å². The zero-order valence-electron chi connectivity index (χ0n) is 33.9. The van der Waals surface area contributed by atoms with Crippen LogP contribution in [0.5, 0.6) is 11.5 Å². The SMILES string of the molecule is Cn1c(-c2cccc(Oc3cccc(-n4c5ccccc5c5c6c(cnc54)N(c4ccccc4)c4ccccc4C6(c4ccccc4)c4ccccc4)c3)c2)nc2ccccc21. The summed E-state index contributed by atoms with van der Waals surface area (Å²) < 4.78 is 11.1. The molecular formula is C56H39N5O. The van der Waals surface area contributed by atoms with Gasteiger partial charge in [-0.3, -0.25) is 4.57 Å². The molecule has 0 amide bonds. The second kappa shape index (κ2) is 14.2. The second-order valence-corrected chi connectivity index (χ2v) is 15.9. The molecule has 0 saturated heterocycles. The van der Waals surface area contributed by atoms with Gasteiger partial charge in [-0.1, -0.05) is 146 Å². The zero-order chi connectivity index (χ0) is 41.2. The largest absolute Gasteiger partial charge is 0.457 e. The smallest absolute Gasteiger partial charge is 0.146 e. The number of nitrogens with zero attached hydrogens (tertiary/aromatic N) is 5. The minimum atomic E-state index is -0.703. The van der Waals surface area contributed by atoms with Crippen LogP contribution < -0.4 is 9.64 Å². The van der Waals surface area contributed by atoms with Crippen molar-refractivity contribution in [3.05, 3.63) is 241 Å². The molecule has 12 rings (SSSR count). The molecule has 0 radical (unpaired) electrons. The van der Waals surface area contributed by atoms with Crippen molar-refractivity contribution >= 4 is 50.0 Å². The summed E-state index contributed by atoms with van der Waals surface area (Å²) in [5.41, 5.74) is 13.2. The normalized spacial score (nSPS) is 13.0. The molecule has 0 fully saturated rings. The Morgan fingerprint density at radius 1 is 0.516 bits per heavy atom. The van der Waals surface area contributed by atoms with Crippen LogP contribution in [0.2, 0.25) is 0 Å². The highest BCUT2D eigenvalue weighted by Crippen LogP contribution is 2.60. The standard InChI is InChI=1S/C56H39N5O/c1-59-50-34-16-13-31-47(50)58-54(59)38-19-17-27-43(35-38)62-44-28-18-26-42(36-44)61-48-32-14-11-29-45(48)52-53-51(37-57-55(52)61)60(41-24-9-4-10-25-41)49-33-15-12-30-46(49)56(53,39-20-5-2-6-21-39)40-22-7-3-8-23-40/h2-37H,1H3. The summed E-state index contributed by atoms with van der Waals surface area (Å²) in [5.74, 6) is 2.34. The Bertz CT molecular complexity index is 3420. The molecule has 0 saturated carbocycles. The van der Waals surface area contributed by atoms with Gasteiger partial charge >= 0.3 is 0 Å². The molecule has 62 heavy (non-hydrogen) atoms. The van der Waals surface area contributed by atoms with Crippen LogP contribution in [0.3, 0.4) is 0 Å². The highest BCUT2D eigenvalue weighted by molar-refractivity contribution is 6.13. The van der Waals surface area contributed by atoms with Crippen molar-refractivity contribution in [1.29, 1.82) is 0 Å². The van der Waals surface area contributed by atoms with Crippen LogP contribution in [0.1, 0.15) is 22.3 Å². The third-order valence-corrected chi connectivity index (χ3v) is 12.4. The van der Waals surface area contributed by atoms with E-state index < -0.39 is 5.41 Å². The van der Waals surface area contributed by atoms with Gasteiger partial charge in [0.1, 0.15) is 23.0 Å². The fraction of sp³-hybridized carbons (Fsp3) is 0.0357. The first-order valence-electron chi connectivity index (χ1n) is 21.0. The predicted molar refractivity (Wildman–Crippen MR) is 251 cm³/mol. The Kier molecular flexibility index (Phi) is 8.18. The zero-order valence-corrected chi connectivity index (χ0v) is 33.9. The van der Waals surface area contributed by atoms with Gasteiger partial charge in [0.15, 0.2) is 0 Å². The number of rotatable bonds is 7. The number of pyridine rings is 1. The number of ether oxygens (including phenoxy) is 1. The molecule has 0 aliphatic carbocycles. The van der Waals surface area contributed by atoms with Crippen LogP contribution in [0.25, 0.3) is 50.0 Å². The van der Waals surface area contributed by atoms with Crippen molar-refractivity contribution in [2.75, 3.05) is 4.90 Å². The maximum atomic E-state index is 6.68. The molecule has 0 unspecified atom stereocenters. The van der Waals surface area contributed by atoms with E-state index in [9.17, 15) is 0 Å². The second-order valence-electron chi connectivity index (χ2n) is 15.9. The summed E-state index contributed by atoms with van der Waals surface area (Å²) in [6.07, 6.45) is 2.09. The van der Waals surface area contributed by atoms with Crippen LogP contribution in [-0.2, 0) is 12.5 Å². The van der Waals surface area contributed by atoms with E-state index in [-0.39, 0.29) is 0 Å². The molecular weight excluding hydrogens is 759 g/mol. The number of aryl methyl sites for hydroxylation is 1. The minimum absolute atomic E-state index is 0.703. The third-order valence-electron chi connectivity index (χ3n) is 12.4. The Morgan fingerprint density at radius 3 is 1.89 bits per heavy atom. The summed E-state index contributed by atoms with van der Waals surface area (Å²) >= 11 is 0. The number of imidazole rings is 1. The van der Waals surface area contributed by atoms with Crippen molar-refractivity contribution in [3.63, 3.8) is 0 Å². The van der Waals surface area contributed by atoms with Gasteiger partial charge in [-0.15, -0.1) is 0 Å². The maximum absolute atomic E-state index is 6.68. The van der Waals surface area contributed by atoms with Crippen molar-refractivity contribution < 1.29 is 4.74 Å². The van der Waals surface area contributed by atoms with E-state index in [1.54, 1.807) is 0 Å². The molecule has 1 aliphatic rings. The topological polar surface area (TPSA) is 48.1 Å². The monoisotopic (exact) mass is 797 g/mol. The number of para-hydroxylation sites is 5. The molecule has 4 heterocycles. The molecule has 0 spiro atoms. The Balaban J connectivity index is 1.09. The number of fused-ring (bicyclic) bond motifs is 7. The lowest BCUT2D eigenvalue weighted by Crippen LogP contribution is -2.38. The third kappa shape index (κ3) is 5.36. The number of benzene rings is 8. The lowest BCUT2D eigenvalue weighted by Gasteiger charge is -2.46. The van der Waals surface area contributed by atoms with Gasteiger partial charge in [0, 0.05) is 40.7 Å². The highest BCUT2D eigenvalue weighted by Gasteiger charge is 2.48. The predicted octanol–water partition coefficient (Wildman–Crippen LogP) is 13.7. The van der Waals surface area contributed by atoms with Gasteiger partial charge in [0.05, 0.1) is 45.2 Å². The Hall–Kier alpha value is -8.22. The molecule has 0 N–H and O–H groups in total. The lowest BCUT2D eigenvalue weighted by molar-refractivity contribution is 0.482. The fourth-order valence-corrected chi connectivity index (χ4v) is 9.89. The number of aromatic nitrogens is 4. The summed E-state index contributed by atoms with van der Waals surface area (Å²) in [6, 6.07) is 74.9. The van der Waals surface area contributed by atoms with E-state index in [2.05, 4.69) is 203 Å². The van der Waals surface area contributed by atoms with Gasteiger partial charge in [-0.05, 0) is 77.4 Å². The average molecular weight is 798 g/mol. The van der Waals surface area contributed by atoms with Crippen LogP contribution in [0.15, 0.2) is 219 Å². The molecule has 0 bridgehead atoms. The molecule has 0 atom stereocenters. The van der Waals surface area contributed by atoms with E-state index in [1.807, 2.05) is 36.4 Å². The number of anilines is 3. The van der Waals surface area contributed by atoms with Crippen LogP contribution in [-0.4, -0.2) is 19.1 Å². The Morgan fingerprint density at radius 2 is 1.13 bits per heavy atom. The van der Waals surface area contributed by atoms with Crippen molar-refractivity contribution in [1.82, 2.24) is 19.1 Å². The Labute approximate surface area is 359 Å². The molecule has 3 aromatic heterocycles. The first-order valence-corrected chi connectivity index (χ1v) is 21.0. The molecule has 8 aromatic carbocycles. The first-order chi connectivity index (χ1) is 30.7. The summed E-state index contributed by atoms with van der Waals surface area (Å²) in [4.78, 5) is 12.8. The maximum Gasteiger partial charge on any atom is 0.146 e. The average Bonchev–Trinajstić information content (AvgIpc) is 3.86. The lowest BCUT2D eigenvalue weighted by atomic mass is 9.62. The summed E-state index contributed by atoms with van der Waals surface area (Å²) in [6.45, 7) is 0. The van der Waals surface area contributed by atoms with Crippen molar-refractivity contribution in [2.45, 2.75) is 5.41 Å². The van der Waals surface area contributed by atoms with E-state index >= 15 is 0 Å². The van der Waals surface area contributed by atoms with Crippen LogP contribution in [0, 0.1) is 0 Å². The highest BCUT2D eigenvalue weighted by atomic mass is 16.5. The van der Waals surface area contributed by atoms with Gasteiger partial charge in [-0.2, -0.15) is 0 Å². The van der Waals surface area contributed by atoms with E-state index in [4.69, 9.17) is 14.7 Å². The van der Waals surface area contributed by atoms with Crippen LogP contribution in [0.4, 0.5) is 17.1 Å². The first kappa shape index (κ1) is 35.7. The van der Waals surface area contributed by atoms with Crippen LogP contribution >= 0.6 is 0 Å². The van der Waals surface area contributed by atoms with E-state index in [0.717, 1.165) is 78.6 Å². The number of hydrogen-bond donors (Lipinski definition) is 0. The number of hydrogen-bond acceptors (Lipinski definition) is 4. The van der Waals surface area contributed by atoms with Gasteiger partial charge in [0.2, 0.25) is 0 Å². The summed E-state index contributed by atoms with van der Waals surface area (Å²) in [5, 5.41) is 2.22. The fourth-order valence-electron chi connectivity index (χ4n) is 9.89. The molecule has 6 nitrogen and oxygen atoms in total. The van der Waals surface area contributed by atoms with Gasteiger partial charge in [0.25, 0.3) is 0 Å². The van der Waals surface area contributed by atoms with Crippen molar-refractivity contribution in [3.8, 4) is 28.6 Å². The quantitative estimate of drug-likeness (QED) is 0.161. The molecule has 1 aliphatic heterocycles. The summed E-state index contributed by atoms with van der Waals surface area (Å²) in [7, 11) is 2.06. The van der Waals surface area contributed by atoms with Crippen molar-refractivity contribution in [2.24, 2.45) is 7.05 Å². The molecule has 294 valence electrons. The minimum Gasteiger partial charge on any atom is -0.457 e. The molecule has 11 aromatic rings. The molecule has 6 heteroatoms.